The molecule has 154 valence electrons. The molecule has 29 heavy (non-hydrogen) atoms. The fraction of sp³-hybridized carbons (Fsp3) is 0.520. The minimum absolute atomic E-state index is 0.179. The highest BCUT2D eigenvalue weighted by Gasteiger charge is 2.61. The number of nitrogens with zero attached hydrogens (tertiary/aromatic N) is 2. The van der Waals surface area contributed by atoms with Gasteiger partial charge in [0.15, 0.2) is 0 Å². The summed E-state index contributed by atoms with van der Waals surface area (Å²) >= 11 is 0. The van der Waals surface area contributed by atoms with Crippen LogP contribution in [0.3, 0.4) is 0 Å². The van der Waals surface area contributed by atoms with Gasteiger partial charge >= 0.3 is 0 Å². The van der Waals surface area contributed by atoms with E-state index in [0.717, 1.165) is 39.0 Å². The van der Waals surface area contributed by atoms with Gasteiger partial charge in [-0.05, 0) is 55.4 Å². The number of carbonyl (C=O) groups is 2. The molecule has 2 fully saturated rings. The molecule has 0 aromatic heterocycles. The molecule has 2 atom stereocenters. The van der Waals surface area contributed by atoms with Gasteiger partial charge in [-0.2, -0.15) is 0 Å². The Morgan fingerprint density at radius 3 is 2.52 bits per heavy atom. The second-order valence-corrected chi connectivity index (χ2v) is 8.67. The summed E-state index contributed by atoms with van der Waals surface area (Å²) in [4.78, 5) is 28.7. The predicted octanol–water partition coefficient (Wildman–Crippen LogP) is 4.37. The number of hydrogen-bond acceptors (Lipinski definition) is 2. The molecule has 4 nitrogen and oxygen atoms in total. The predicted molar refractivity (Wildman–Crippen MR) is 117 cm³/mol. The highest BCUT2D eigenvalue weighted by Crippen LogP contribution is 2.59. The Hall–Kier alpha value is -2.36. The lowest BCUT2D eigenvalue weighted by Crippen LogP contribution is -2.33. The Morgan fingerprint density at radius 1 is 1.03 bits per heavy atom. The maximum absolute atomic E-state index is 12.7. The van der Waals surface area contributed by atoms with Crippen molar-refractivity contribution in [3.05, 3.63) is 48.0 Å². The molecule has 0 N–H and O–H groups in total. The second-order valence-electron chi connectivity index (χ2n) is 8.67. The Balaban J connectivity index is 1.29. The number of hydrogen-bond donors (Lipinski definition) is 0. The van der Waals surface area contributed by atoms with Crippen LogP contribution in [0.25, 0.3) is 10.8 Å². The van der Waals surface area contributed by atoms with Gasteiger partial charge in [-0.25, -0.2) is 0 Å². The van der Waals surface area contributed by atoms with Crippen LogP contribution in [-0.2, 0) is 15.0 Å². The number of unbranched alkanes of at least 4 members (excludes halogenated alkanes) is 1. The SMILES string of the molecule is CCN(CC)C(=O)CCCCC(=O)N1C[C@H]2C[C@@]2(c2ccc3ccccc3c2)C1. The van der Waals surface area contributed by atoms with Gasteiger partial charge in [-0.15, -0.1) is 0 Å². The molecule has 0 unspecified atom stereocenters. The van der Waals surface area contributed by atoms with Crippen molar-refractivity contribution in [2.75, 3.05) is 26.2 Å². The standard InChI is InChI=1S/C25H32N2O2/c1-3-26(4-2)23(28)11-7-8-12-24(29)27-17-22-16-25(22,18-27)21-14-13-19-9-5-6-10-20(19)15-21/h5-6,9-10,13-15,22H,3-4,7-8,11-12,16-18H2,1-2H3/t22-,25+/m1/s1. The quantitative estimate of drug-likeness (QED) is 0.626. The highest BCUT2D eigenvalue weighted by atomic mass is 16.2. The van der Waals surface area contributed by atoms with Gasteiger partial charge < -0.3 is 9.80 Å². The third kappa shape index (κ3) is 3.90. The van der Waals surface area contributed by atoms with Crippen LogP contribution in [0.1, 0.15) is 51.5 Å². The number of carbonyl (C=O) groups excluding carboxylic acids is 2. The molecule has 1 heterocycles. The van der Waals surface area contributed by atoms with Crippen molar-refractivity contribution in [3.63, 3.8) is 0 Å². The maximum atomic E-state index is 12.7. The van der Waals surface area contributed by atoms with Crippen molar-refractivity contribution in [2.45, 2.75) is 51.4 Å². The first-order valence-corrected chi connectivity index (χ1v) is 11.1. The van der Waals surface area contributed by atoms with E-state index in [0.29, 0.717) is 18.8 Å². The minimum Gasteiger partial charge on any atom is -0.343 e. The molecule has 0 radical (unpaired) electrons. The summed E-state index contributed by atoms with van der Waals surface area (Å²) in [7, 11) is 0. The van der Waals surface area contributed by atoms with Gasteiger partial charge in [0.25, 0.3) is 0 Å². The number of fused-ring (bicyclic) bond motifs is 2. The highest BCUT2D eigenvalue weighted by molar-refractivity contribution is 5.84. The normalized spacial score (nSPS) is 22.6. The van der Waals surface area contributed by atoms with Gasteiger partial charge in [0, 0.05) is 44.4 Å². The molecule has 0 bridgehead atoms. The van der Waals surface area contributed by atoms with Crippen molar-refractivity contribution in [1.82, 2.24) is 9.80 Å². The van der Waals surface area contributed by atoms with Crippen molar-refractivity contribution >= 4 is 22.6 Å². The van der Waals surface area contributed by atoms with Crippen LogP contribution in [0.5, 0.6) is 0 Å². The molecule has 4 heteroatoms. The Kier molecular flexibility index (Phi) is 5.62. The van der Waals surface area contributed by atoms with E-state index in [2.05, 4.69) is 47.4 Å². The molecule has 1 aliphatic carbocycles. The van der Waals surface area contributed by atoms with E-state index in [4.69, 9.17) is 0 Å². The zero-order valence-corrected chi connectivity index (χ0v) is 17.7. The number of likely N-dealkylation sites (tertiary alicyclic amines) is 1. The van der Waals surface area contributed by atoms with Crippen LogP contribution in [0.4, 0.5) is 0 Å². The molecule has 1 saturated heterocycles. The maximum Gasteiger partial charge on any atom is 0.222 e. The lowest BCUT2D eigenvalue weighted by atomic mass is 9.93. The molecule has 0 spiro atoms. The molecule has 2 amide bonds. The van der Waals surface area contributed by atoms with E-state index in [1.807, 2.05) is 18.7 Å². The third-order valence-electron chi connectivity index (χ3n) is 6.97. The van der Waals surface area contributed by atoms with E-state index in [1.165, 1.54) is 22.8 Å². The topological polar surface area (TPSA) is 40.6 Å². The monoisotopic (exact) mass is 392 g/mol. The summed E-state index contributed by atoms with van der Waals surface area (Å²) in [5, 5.41) is 2.56. The number of piperidine rings is 1. The number of benzene rings is 2. The fourth-order valence-electron chi connectivity index (χ4n) is 5.06. The summed E-state index contributed by atoms with van der Waals surface area (Å²) in [6.07, 6.45) is 3.92. The van der Waals surface area contributed by atoms with Gasteiger partial charge in [0.1, 0.15) is 0 Å². The van der Waals surface area contributed by atoms with Gasteiger partial charge in [-0.3, -0.25) is 9.59 Å². The van der Waals surface area contributed by atoms with E-state index >= 15 is 0 Å². The largest absolute Gasteiger partial charge is 0.343 e. The van der Waals surface area contributed by atoms with E-state index in [9.17, 15) is 9.59 Å². The Morgan fingerprint density at radius 2 is 1.76 bits per heavy atom. The van der Waals surface area contributed by atoms with Crippen molar-refractivity contribution < 1.29 is 9.59 Å². The first-order valence-electron chi connectivity index (χ1n) is 11.1. The van der Waals surface area contributed by atoms with Crippen LogP contribution in [0.15, 0.2) is 42.5 Å². The second kappa shape index (κ2) is 8.17. The van der Waals surface area contributed by atoms with Crippen LogP contribution in [-0.4, -0.2) is 47.8 Å². The number of rotatable bonds is 8. The zero-order chi connectivity index (χ0) is 20.4. The van der Waals surface area contributed by atoms with Gasteiger partial charge in [0.05, 0.1) is 0 Å². The molecule has 4 rings (SSSR count). The van der Waals surface area contributed by atoms with Crippen LogP contribution >= 0.6 is 0 Å². The van der Waals surface area contributed by atoms with Gasteiger partial charge in [0.2, 0.25) is 11.8 Å². The average Bonchev–Trinajstić information content (AvgIpc) is 3.32. The molecule has 2 aromatic carbocycles. The van der Waals surface area contributed by atoms with Crippen molar-refractivity contribution in [2.24, 2.45) is 5.92 Å². The third-order valence-corrected chi connectivity index (χ3v) is 6.97. The molecular formula is C25H32N2O2. The summed E-state index contributed by atoms with van der Waals surface area (Å²) in [6, 6.07) is 15.3. The van der Waals surface area contributed by atoms with E-state index in [-0.39, 0.29) is 17.2 Å². The Labute approximate surface area is 173 Å². The molecule has 1 saturated carbocycles. The molecule has 1 aliphatic heterocycles. The first-order chi connectivity index (χ1) is 14.1. The van der Waals surface area contributed by atoms with Gasteiger partial charge in [-0.1, -0.05) is 42.5 Å². The summed E-state index contributed by atoms with van der Waals surface area (Å²) in [5.74, 6) is 1.07. The van der Waals surface area contributed by atoms with E-state index < -0.39 is 0 Å². The molecule has 2 aromatic rings. The van der Waals surface area contributed by atoms with Crippen LogP contribution < -0.4 is 0 Å². The van der Waals surface area contributed by atoms with E-state index in [1.54, 1.807) is 0 Å². The first kappa shape index (κ1) is 19.9. The number of amides is 2. The Bertz CT molecular complexity index is 905. The van der Waals surface area contributed by atoms with Crippen molar-refractivity contribution in [3.8, 4) is 0 Å². The lowest BCUT2D eigenvalue weighted by Gasteiger charge is -2.22. The fourth-order valence-corrected chi connectivity index (χ4v) is 5.06. The smallest absolute Gasteiger partial charge is 0.222 e. The van der Waals surface area contributed by atoms with Crippen LogP contribution in [0.2, 0.25) is 0 Å². The van der Waals surface area contributed by atoms with Crippen LogP contribution in [0, 0.1) is 5.92 Å². The summed E-state index contributed by atoms with van der Waals surface area (Å²) < 4.78 is 0. The zero-order valence-electron chi connectivity index (χ0n) is 17.7. The summed E-state index contributed by atoms with van der Waals surface area (Å²) in [5.41, 5.74) is 1.57. The van der Waals surface area contributed by atoms with Crippen molar-refractivity contribution in [1.29, 1.82) is 0 Å². The molecular weight excluding hydrogens is 360 g/mol. The summed E-state index contributed by atoms with van der Waals surface area (Å²) in [6.45, 7) is 7.29. The molecule has 2 aliphatic rings. The lowest BCUT2D eigenvalue weighted by molar-refractivity contribution is -0.132. The average molecular weight is 393 g/mol. The minimum atomic E-state index is 0.179.